The minimum atomic E-state index is -0.410. The van der Waals surface area contributed by atoms with Crippen LogP contribution in [-0.4, -0.2) is 10.7 Å². The first kappa shape index (κ1) is 12.2. The van der Waals surface area contributed by atoms with Crippen LogP contribution >= 0.6 is 0 Å². The zero-order chi connectivity index (χ0) is 12.6. The number of rotatable bonds is 3. The van der Waals surface area contributed by atoms with Crippen LogP contribution in [0, 0.1) is 0 Å². The second-order valence-corrected chi connectivity index (χ2v) is 6.32. The fourth-order valence-electron chi connectivity index (χ4n) is 3.16. The molecule has 3 rings (SSSR count). The summed E-state index contributed by atoms with van der Waals surface area (Å²) in [5.74, 6) is 0. The topological polar surface area (TPSA) is 46.2 Å². The Hall–Kier alpha value is -0.860. The summed E-state index contributed by atoms with van der Waals surface area (Å²) in [6, 6.07) is 8.60. The molecule has 2 aliphatic carbocycles. The minimum Gasteiger partial charge on any atom is -0.390 e. The van der Waals surface area contributed by atoms with Gasteiger partial charge in [-0.25, -0.2) is 0 Å². The highest BCUT2D eigenvalue weighted by Gasteiger charge is 2.40. The Balaban J connectivity index is 1.81. The fourth-order valence-corrected chi connectivity index (χ4v) is 3.16. The molecule has 0 spiro atoms. The molecule has 0 saturated heterocycles. The first-order valence-corrected chi connectivity index (χ1v) is 7.20. The number of hydrogen-bond donors (Lipinski definition) is 2. The molecule has 0 amide bonds. The average molecular weight is 245 g/mol. The van der Waals surface area contributed by atoms with Crippen LogP contribution in [0.2, 0.25) is 0 Å². The van der Waals surface area contributed by atoms with Gasteiger partial charge in [-0.2, -0.15) is 0 Å². The first-order valence-electron chi connectivity index (χ1n) is 7.20. The maximum absolute atomic E-state index is 10.0. The van der Waals surface area contributed by atoms with E-state index in [4.69, 9.17) is 5.73 Å². The van der Waals surface area contributed by atoms with Crippen molar-refractivity contribution in [2.45, 2.75) is 62.5 Å². The normalized spacial score (nSPS) is 24.8. The highest BCUT2D eigenvalue weighted by atomic mass is 16.3. The molecule has 18 heavy (non-hydrogen) atoms. The van der Waals surface area contributed by atoms with Crippen molar-refractivity contribution in [3.05, 3.63) is 35.4 Å². The van der Waals surface area contributed by atoms with E-state index < -0.39 is 5.60 Å². The molecule has 98 valence electrons. The predicted molar refractivity (Wildman–Crippen MR) is 73.3 cm³/mol. The van der Waals surface area contributed by atoms with E-state index in [1.165, 1.54) is 30.4 Å². The van der Waals surface area contributed by atoms with Gasteiger partial charge in [-0.05, 0) is 36.8 Å². The Morgan fingerprint density at radius 1 is 1.06 bits per heavy atom. The largest absolute Gasteiger partial charge is 0.390 e. The van der Waals surface area contributed by atoms with Crippen LogP contribution in [0.15, 0.2) is 24.3 Å². The maximum atomic E-state index is 10.0. The van der Waals surface area contributed by atoms with Crippen LogP contribution in [-0.2, 0) is 12.0 Å². The van der Waals surface area contributed by atoms with Crippen molar-refractivity contribution in [1.82, 2.24) is 0 Å². The average Bonchev–Trinajstić information content (AvgIpc) is 3.08. The molecule has 2 saturated carbocycles. The van der Waals surface area contributed by atoms with Gasteiger partial charge in [-0.15, -0.1) is 0 Å². The lowest BCUT2D eigenvalue weighted by molar-refractivity contribution is 0.151. The Morgan fingerprint density at radius 2 is 1.78 bits per heavy atom. The Labute approximate surface area is 109 Å². The number of nitrogens with two attached hydrogens (primary N) is 1. The van der Waals surface area contributed by atoms with Gasteiger partial charge in [0.1, 0.15) is 0 Å². The summed E-state index contributed by atoms with van der Waals surface area (Å²) < 4.78 is 0. The molecule has 0 aromatic heterocycles. The number of aliphatic hydroxyl groups is 1. The molecule has 1 aromatic carbocycles. The second-order valence-electron chi connectivity index (χ2n) is 6.32. The Bertz CT molecular complexity index is 430. The van der Waals surface area contributed by atoms with Gasteiger partial charge in [0.15, 0.2) is 0 Å². The third-order valence-electron chi connectivity index (χ3n) is 4.61. The minimum absolute atomic E-state index is 0.125. The van der Waals surface area contributed by atoms with E-state index in [1.54, 1.807) is 0 Å². The SMILES string of the molecule is NC1(c2cccc(CC3(O)CC3)c2)CCCCC1. The lowest BCUT2D eigenvalue weighted by Crippen LogP contribution is -2.38. The summed E-state index contributed by atoms with van der Waals surface area (Å²) in [4.78, 5) is 0. The molecule has 0 heterocycles. The van der Waals surface area contributed by atoms with Crippen molar-refractivity contribution >= 4 is 0 Å². The standard InChI is InChI=1S/C16H23NO/c17-16(7-2-1-3-8-16)14-6-4-5-13(11-14)12-15(18)9-10-15/h4-6,11,18H,1-3,7-10,12,17H2. The lowest BCUT2D eigenvalue weighted by atomic mass is 9.77. The van der Waals surface area contributed by atoms with Crippen LogP contribution in [0.1, 0.15) is 56.1 Å². The molecule has 2 heteroatoms. The van der Waals surface area contributed by atoms with Gasteiger partial charge in [0.25, 0.3) is 0 Å². The van der Waals surface area contributed by atoms with Crippen LogP contribution in [0.3, 0.4) is 0 Å². The molecule has 1 aromatic rings. The molecule has 0 unspecified atom stereocenters. The van der Waals surface area contributed by atoms with Crippen molar-refractivity contribution in [3.8, 4) is 0 Å². The van der Waals surface area contributed by atoms with E-state index in [0.29, 0.717) is 0 Å². The molecule has 0 bridgehead atoms. The van der Waals surface area contributed by atoms with Crippen LogP contribution in [0.25, 0.3) is 0 Å². The molecular weight excluding hydrogens is 222 g/mol. The molecule has 2 fully saturated rings. The van der Waals surface area contributed by atoms with E-state index in [1.807, 2.05) is 0 Å². The third kappa shape index (κ3) is 2.45. The Morgan fingerprint density at radius 3 is 2.44 bits per heavy atom. The summed E-state index contributed by atoms with van der Waals surface area (Å²) in [5.41, 5.74) is 8.54. The molecule has 2 aliphatic rings. The third-order valence-corrected chi connectivity index (χ3v) is 4.61. The highest BCUT2D eigenvalue weighted by Crippen LogP contribution is 2.39. The molecule has 0 aliphatic heterocycles. The van der Waals surface area contributed by atoms with E-state index in [9.17, 15) is 5.11 Å². The van der Waals surface area contributed by atoms with Crippen molar-refractivity contribution in [2.24, 2.45) is 5.73 Å². The van der Waals surface area contributed by atoms with Gasteiger partial charge in [0, 0.05) is 12.0 Å². The highest BCUT2D eigenvalue weighted by molar-refractivity contribution is 5.31. The predicted octanol–water partition coefficient (Wildman–Crippen LogP) is 2.87. The quantitative estimate of drug-likeness (QED) is 0.860. The van der Waals surface area contributed by atoms with E-state index >= 15 is 0 Å². The first-order chi connectivity index (χ1) is 8.60. The molecule has 0 radical (unpaired) electrons. The van der Waals surface area contributed by atoms with Crippen molar-refractivity contribution in [1.29, 1.82) is 0 Å². The van der Waals surface area contributed by atoms with E-state index in [0.717, 1.165) is 32.1 Å². The van der Waals surface area contributed by atoms with Crippen LogP contribution in [0.5, 0.6) is 0 Å². The van der Waals surface area contributed by atoms with E-state index in [2.05, 4.69) is 24.3 Å². The van der Waals surface area contributed by atoms with Crippen molar-refractivity contribution in [2.75, 3.05) is 0 Å². The summed E-state index contributed by atoms with van der Waals surface area (Å²) in [6.07, 6.45) is 8.68. The zero-order valence-electron chi connectivity index (χ0n) is 11.0. The van der Waals surface area contributed by atoms with Gasteiger partial charge in [-0.3, -0.25) is 0 Å². The van der Waals surface area contributed by atoms with Crippen molar-refractivity contribution in [3.63, 3.8) is 0 Å². The summed E-state index contributed by atoms with van der Waals surface area (Å²) >= 11 is 0. The van der Waals surface area contributed by atoms with Gasteiger partial charge in [0.2, 0.25) is 0 Å². The lowest BCUT2D eigenvalue weighted by Gasteiger charge is -2.34. The second kappa shape index (κ2) is 4.36. The van der Waals surface area contributed by atoms with Gasteiger partial charge in [-0.1, -0.05) is 43.5 Å². The number of benzene rings is 1. The number of hydrogen-bond acceptors (Lipinski definition) is 2. The Kier molecular flexibility index (Phi) is 2.95. The van der Waals surface area contributed by atoms with Crippen LogP contribution < -0.4 is 5.73 Å². The molecule has 3 N–H and O–H groups in total. The van der Waals surface area contributed by atoms with Gasteiger partial charge in [0.05, 0.1) is 5.60 Å². The molecule has 2 nitrogen and oxygen atoms in total. The summed E-state index contributed by atoms with van der Waals surface area (Å²) in [6.45, 7) is 0. The van der Waals surface area contributed by atoms with Gasteiger partial charge >= 0.3 is 0 Å². The maximum Gasteiger partial charge on any atom is 0.0690 e. The monoisotopic (exact) mass is 245 g/mol. The fraction of sp³-hybridized carbons (Fsp3) is 0.625. The summed E-state index contributed by atoms with van der Waals surface area (Å²) in [7, 11) is 0. The molecule has 0 atom stereocenters. The van der Waals surface area contributed by atoms with E-state index in [-0.39, 0.29) is 5.54 Å². The zero-order valence-corrected chi connectivity index (χ0v) is 11.0. The molecular formula is C16H23NO. The summed E-state index contributed by atoms with van der Waals surface area (Å²) in [5, 5.41) is 10.0. The van der Waals surface area contributed by atoms with Gasteiger partial charge < -0.3 is 10.8 Å². The smallest absolute Gasteiger partial charge is 0.0690 e. The van der Waals surface area contributed by atoms with Crippen molar-refractivity contribution < 1.29 is 5.11 Å². The van der Waals surface area contributed by atoms with Crippen LogP contribution in [0.4, 0.5) is 0 Å².